The fourth-order valence-electron chi connectivity index (χ4n) is 2.99. The third-order valence-corrected chi connectivity index (χ3v) is 5.76. The van der Waals surface area contributed by atoms with Crippen LogP contribution in [0.15, 0.2) is 47.4 Å². The van der Waals surface area contributed by atoms with E-state index >= 15 is 0 Å². The molecule has 1 saturated heterocycles. The SMILES string of the molecule is COc1ccc(S(=O)(=O)N[C@@H]2CC(=O)N(c3cccc(F)c3)C2)cc1C. The average Bonchev–Trinajstić information content (AvgIpc) is 2.94. The highest BCUT2D eigenvalue weighted by atomic mass is 32.2. The number of halogens is 1. The summed E-state index contributed by atoms with van der Waals surface area (Å²) in [7, 11) is -2.27. The maximum Gasteiger partial charge on any atom is 0.240 e. The van der Waals surface area contributed by atoms with Gasteiger partial charge in [0.2, 0.25) is 15.9 Å². The molecule has 0 bridgehead atoms. The highest BCUT2D eigenvalue weighted by molar-refractivity contribution is 7.89. The van der Waals surface area contributed by atoms with Crippen molar-refractivity contribution in [1.82, 2.24) is 4.72 Å². The molecule has 1 heterocycles. The molecule has 1 amide bonds. The summed E-state index contributed by atoms with van der Waals surface area (Å²) in [6.45, 7) is 1.90. The maximum absolute atomic E-state index is 13.4. The number of nitrogens with zero attached hydrogens (tertiary/aromatic N) is 1. The van der Waals surface area contributed by atoms with Gasteiger partial charge in [0.05, 0.1) is 12.0 Å². The summed E-state index contributed by atoms with van der Waals surface area (Å²) in [5.74, 6) is -0.112. The van der Waals surface area contributed by atoms with Crippen LogP contribution in [0.25, 0.3) is 0 Å². The Hall–Kier alpha value is -2.45. The zero-order valence-corrected chi connectivity index (χ0v) is 15.2. The van der Waals surface area contributed by atoms with Gasteiger partial charge in [-0.15, -0.1) is 0 Å². The maximum atomic E-state index is 13.4. The van der Waals surface area contributed by atoms with Crippen LogP contribution in [-0.2, 0) is 14.8 Å². The molecule has 2 aromatic rings. The van der Waals surface area contributed by atoms with Crippen molar-refractivity contribution in [2.45, 2.75) is 24.3 Å². The number of carbonyl (C=O) groups is 1. The molecule has 0 aliphatic carbocycles. The number of hydrogen-bond donors (Lipinski definition) is 1. The molecule has 1 aliphatic heterocycles. The van der Waals surface area contributed by atoms with Crippen LogP contribution in [0.3, 0.4) is 0 Å². The van der Waals surface area contributed by atoms with E-state index in [-0.39, 0.29) is 23.8 Å². The monoisotopic (exact) mass is 378 g/mol. The lowest BCUT2D eigenvalue weighted by Crippen LogP contribution is -2.37. The molecule has 26 heavy (non-hydrogen) atoms. The van der Waals surface area contributed by atoms with Gasteiger partial charge in [0, 0.05) is 24.7 Å². The predicted octanol–water partition coefficient (Wildman–Crippen LogP) is 2.23. The fraction of sp³-hybridized carbons (Fsp3) is 0.278. The number of ether oxygens (including phenoxy) is 1. The number of amides is 1. The Morgan fingerprint density at radius 3 is 2.65 bits per heavy atom. The van der Waals surface area contributed by atoms with Crippen molar-refractivity contribution in [1.29, 1.82) is 0 Å². The summed E-state index contributed by atoms with van der Waals surface area (Å²) >= 11 is 0. The van der Waals surface area contributed by atoms with Crippen molar-refractivity contribution in [3.63, 3.8) is 0 Å². The number of rotatable bonds is 5. The zero-order chi connectivity index (χ0) is 18.9. The molecule has 0 aromatic heterocycles. The lowest BCUT2D eigenvalue weighted by Gasteiger charge is -2.17. The second kappa shape index (κ2) is 7.05. The number of hydrogen-bond acceptors (Lipinski definition) is 4. The topological polar surface area (TPSA) is 75.7 Å². The molecule has 1 aliphatic rings. The van der Waals surface area contributed by atoms with Crippen LogP contribution in [0.1, 0.15) is 12.0 Å². The highest BCUT2D eigenvalue weighted by Crippen LogP contribution is 2.25. The molecule has 1 atom stereocenters. The van der Waals surface area contributed by atoms with Gasteiger partial charge < -0.3 is 9.64 Å². The first kappa shape index (κ1) is 18.3. The molecule has 0 saturated carbocycles. The number of anilines is 1. The highest BCUT2D eigenvalue weighted by Gasteiger charge is 2.33. The smallest absolute Gasteiger partial charge is 0.240 e. The average molecular weight is 378 g/mol. The number of nitrogens with one attached hydrogen (secondary N) is 1. The van der Waals surface area contributed by atoms with Gasteiger partial charge in [-0.2, -0.15) is 0 Å². The Kier molecular flexibility index (Phi) is 4.97. The van der Waals surface area contributed by atoms with Crippen LogP contribution in [-0.4, -0.2) is 34.0 Å². The molecular weight excluding hydrogens is 359 g/mol. The summed E-state index contributed by atoms with van der Waals surface area (Å²) in [4.78, 5) is 13.7. The van der Waals surface area contributed by atoms with E-state index in [2.05, 4.69) is 4.72 Å². The van der Waals surface area contributed by atoms with Gasteiger partial charge in [0.1, 0.15) is 11.6 Å². The van der Waals surface area contributed by atoms with Crippen molar-refractivity contribution in [3.8, 4) is 5.75 Å². The Balaban J connectivity index is 1.77. The lowest BCUT2D eigenvalue weighted by molar-refractivity contribution is -0.117. The largest absolute Gasteiger partial charge is 0.496 e. The molecule has 6 nitrogen and oxygen atoms in total. The van der Waals surface area contributed by atoms with E-state index in [9.17, 15) is 17.6 Å². The van der Waals surface area contributed by atoms with Crippen LogP contribution in [0.2, 0.25) is 0 Å². The fourth-order valence-corrected chi connectivity index (χ4v) is 4.30. The number of sulfonamides is 1. The minimum atomic E-state index is -3.79. The van der Waals surface area contributed by atoms with Crippen molar-refractivity contribution in [2.75, 3.05) is 18.6 Å². The van der Waals surface area contributed by atoms with Crippen molar-refractivity contribution < 1.29 is 22.3 Å². The van der Waals surface area contributed by atoms with E-state index in [1.807, 2.05) is 0 Å². The van der Waals surface area contributed by atoms with Gasteiger partial charge in [0.15, 0.2) is 0 Å². The van der Waals surface area contributed by atoms with Gasteiger partial charge in [-0.3, -0.25) is 4.79 Å². The predicted molar refractivity (Wildman–Crippen MR) is 95.2 cm³/mol. The van der Waals surface area contributed by atoms with Gasteiger partial charge in [-0.25, -0.2) is 17.5 Å². The second-order valence-electron chi connectivity index (χ2n) is 6.14. The molecule has 2 aromatic carbocycles. The van der Waals surface area contributed by atoms with E-state index < -0.39 is 21.9 Å². The standard InChI is InChI=1S/C18H19FN2O4S/c1-12-8-16(6-7-17(12)25-2)26(23,24)20-14-10-18(22)21(11-14)15-5-3-4-13(19)9-15/h3-9,14,20H,10-11H2,1-2H3/t14-/m1/s1. The molecule has 1 fully saturated rings. The van der Waals surface area contributed by atoms with Crippen LogP contribution >= 0.6 is 0 Å². The first-order valence-electron chi connectivity index (χ1n) is 8.03. The van der Waals surface area contributed by atoms with Gasteiger partial charge in [0.25, 0.3) is 0 Å². The molecule has 8 heteroatoms. The number of aryl methyl sites for hydroxylation is 1. The Morgan fingerprint density at radius 1 is 1.23 bits per heavy atom. The van der Waals surface area contributed by atoms with Crippen LogP contribution in [0.4, 0.5) is 10.1 Å². The van der Waals surface area contributed by atoms with E-state index in [0.29, 0.717) is 17.0 Å². The van der Waals surface area contributed by atoms with E-state index in [4.69, 9.17) is 4.74 Å². The van der Waals surface area contributed by atoms with Crippen LogP contribution in [0, 0.1) is 12.7 Å². The molecule has 0 radical (unpaired) electrons. The molecule has 138 valence electrons. The molecule has 0 spiro atoms. The lowest BCUT2D eigenvalue weighted by atomic mass is 10.2. The summed E-state index contributed by atoms with van der Waals surface area (Å²) in [5, 5.41) is 0. The minimum absolute atomic E-state index is 0.0187. The first-order valence-corrected chi connectivity index (χ1v) is 9.51. The van der Waals surface area contributed by atoms with Crippen LogP contribution in [0.5, 0.6) is 5.75 Å². The van der Waals surface area contributed by atoms with Crippen molar-refractivity contribution >= 4 is 21.6 Å². The first-order chi connectivity index (χ1) is 12.3. The molecular formula is C18H19FN2O4S. The third kappa shape index (κ3) is 3.71. The Bertz CT molecular complexity index is 946. The van der Waals surface area contributed by atoms with Gasteiger partial charge in [-0.1, -0.05) is 6.07 Å². The number of carbonyl (C=O) groups excluding carboxylic acids is 1. The molecule has 1 N–H and O–H groups in total. The Labute approximate surface area is 151 Å². The summed E-state index contributed by atoms with van der Waals surface area (Å²) in [5.41, 5.74) is 1.11. The number of methoxy groups -OCH3 is 1. The van der Waals surface area contributed by atoms with Crippen molar-refractivity contribution in [2.24, 2.45) is 0 Å². The number of benzene rings is 2. The van der Waals surface area contributed by atoms with E-state index in [0.717, 1.165) is 0 Å². The molecule has 3 rings (SSSR count). The third-order valence-electron chi connectivity index (χ3n) is 4.24. The van der Waals surface area contributed by atoms with Crippen LogP contribution < -0.4 is 14.4 Å². The second-order valence-corrected chi connectivity index (χ2v) is 7.85. The molecule has 0 unspecified atom stereocenters. The quantitative estimate of drug-likeness (QED) is 0.866. The summed E-state index contributed by atoms with van der Waals surface area (Å²) in [6.07, 6.45) is 0.0187. The van der Waals surface area contributed by atoms with Gasteiger partial charge in [-0.05, 0) is 48.9 Å². The van der Waals surface area contributed by atoms with Crippen molar-refractivity contribution in [3.05, 3.63) is 53.8 Å². The zero-order valence-electron chi connectivity index (χ0n) is 14.4. The summed E-state index contributed by atoms with van der Waals surface area (Å²) in [6, 6.07) is 9.64. The van der Waals surface area contributed by atoms with E-state index in [1.165, 1.54) is 42.3 Å². The summed E-state index contributed by atoms with van der Waals surface area (Å²) < 4.78 is 46.3. The Morgan fingerprint density at radius 2 is 2.00 bits per heavy atom. The normalized spacial score (nSPS) is 17.6. The minimum Gasteiger partial charge on any atom is -0.496 e. The van der Waals surface area contributed by atoms with E-state index in [1.54, 1.807) is 19.1 Å². The van der Waals surface area contributed by atoms with Gasteiger partial charge >= 0.3 is 0 Å².